The molecule has 0 unspecified atom stereocenters. The Morgan fingerprint density at radius 3 is 2.40 bits per heavy atom. The van der Waals surface area contributed by atoms with Crippen LogP contribution in [0, 0.1) is 5.82 Å². The zero-order valence-corrected chi connectivity index (χ0v) is 10.8. The van der Waals surface area contributed by atoms with E-state index < -0.39 is 5.91 Å². The maximum atomic E-state index is 12.9. The summed E-state index contributed by atoms with van der Waals surface area (Å²) in [5, 5.41) is 0. The normalized spacial score (nSPS) is 10.9. The number of carbonyl (C=O) groups excluding carboxylic acids is 1. The Morgan fingerprint density at radius 2 is 1.93 bits per heavy atom. The van der Waals surface area contributed by atoms with Crippen molar-refractivity contribution >= 4 is 43.8 Å². The molecule has 0 heterocycles. The average Bonchev–Trinajstić information content (AvgIpc) is 2.08. The zero-order chi connectivity index (χ0) is 11.4. The highest BCUT2D eigenvalue weighted by molar-refractivity contribution is 9.11. The van der Waals surface area contributed by atoms with Crippen LogP contribution in [0.5, 0.6) is 0 Å². The third-order valence-corrected chi connectivity index (χ3v) is 2.96. The Labute approximate surface area is 104 Å². The Morgan fingerprint density at radius 1 is 1.40 bits per heavy atom. The summed E-state index contributed by atoms with van der Waals surface area (Å²) in [6.07, 6.45) is 3.50. The predicted octanol–water partition coefficient (Wildman–Crippen LogP) is 3.24. The van der Waals surface area contributed by atoms with Crippen LogP contribution in [0.4, 0.5) is 4.39 Å². The third-order valence-electron chi connectivity index (χ3n) is 1.65. The van der Waals surface area contributed by atoms with Gasteiger partial charge in [0.15, 0.2) is 0 Å². The van der Waals surface area contributed by atoms with Gasteiger partial charge in [0.1, 0.15) is 5.82 Å². The molecular weight excluding hydrogens is 329 g/mol. The van der Waals surface area contributed by atoms with Gasteiger partial charge in [-0.25, -0.2) is 4.39 Å². The van der Waals surface area contributed by atoms with E-state index in [1.165, 1.54) is 12.1 Å². The van der Waals surface area contributed by atoms with Crippen molar-refractivity contribution in [3.05, 3.63) is 38.5 Å². The summed E-state index contributed by atoms with van der Waals surface area (Å²) in [6, 6.07) is 2.71. The molecule has 0 saturated carbocycles. The predicted molar refractivity (Wildman–Crippen MR) is 64.6 cm³/mol. The number of benzene rings is 1. The van der Waals surface area contributed by atoms with Crippen LogP contribution in [-0.4, -0.2) is 5.91 Å². The Hall–Kier alpha value is -0.680. The van der Waals surface area contributed by atoms with Gasteiger partial charge in [-0.3, -0.25) is 4.79 Å². The van der Waals surface area contributed by atoms with Crippen molar-refractivity contribution in [2.75, 3.05) is 0 Å². The molecular formula is C10H8Br2FNO. The fraction of sp³-hybridized carbons (Fsp3) is 0.100. The van der Waals surface area contributed by atoms with Crippen LogP contribution in [0.25, 0.3) is 6.08 Å². The molecule has 0 atom stereocenters. The summed E-state index contributed by atoms with van der Waals surface area (Å²) in [4.78, 5) is 10.5. The van der Waals surface area contributed by atoms with E-state index in [9.17, 15) is 9.18 Å². The van der Waals surface area contributed by atoms with Crippen molar-refractivity contribution in [1.82, 2.24) is 0 Å². The third kappa shape index (κ3) is 3.76. The highest BCUT2D eigenvalue weighted by Crippen LogP contribution is 2.28. The number of nitrogens with two attached hydrogens (primary N) is 1. The number of rotatable bonds is 3. The van der Waals surface area contributed by atoms with Gasteiger partial charge in [-0.05, 0) is 12.1 Å². The average molecular weight is 337 g/mol. The monoisotopic (exact) mass is 335 g/mol. The largest absolute Gasteiger partial charge is 0.369 e. The molecule has 0 radical (unpaired) electrons. The SMILES string of the molecule is NC(=O)CC=Cc1c(Br)cc(F)cc1Br. The molecule has 1 aromatic rings. The molecule has 80 valence electrons. The Bertz CT molecular complexity index is 395. The van der Waals surface area contributed by atoms with Crippen LogP contribution < -0.4 is 5.73 Å². The number of halogens is 3. The first-order chi connectivity index (χ1) is 7.00. The molecule has 15 heavy (non-hydrogen) atoms. The molecule has 0 fully saturated rings. The first-order valence-corrected chi connectivity index (χ1v) is 5.68. The van der Waals surface area contributed by atoms with Gasteiger partial charge >= 0.3 is 0 Å². The maximum Gasteiger partial charge on any atom is 0.221 e. The van der Waals surface area contributed by atoms with Crippen LogP contribution in [0.1, 0.15) is 12.0 Å². The van der Waals surface area contributed by atoms with Crippen molar-refractivity contribution in [2.24, 2.45) is 5.73 Å². The van der Waals surface area contributed by atoms with Gasteiger partial charge in [0.2, 0.25) is 5.91 Å². The number of primary amides is 1. The number of hydrogen-bond donors (Lipinski definition) is 1. The second-order valence-corrected chi connectivity index (χ2v) is 4.56. The molecule has 0 spiro atoms. The summed E-state index contributed by atoms with van der Waals surface area (Å²) in [6.45, 7) is 0. The summed E-state index contributed by atoms with van der Waals surface area (Å²) in [5.41, 5.74) is 5.76. The van der Waals surface area contributed by atoms with Gasteiger partial charge < -0.3 is 5.73 Å². The second-order valence-electron chi connectivity index (χ2n) is 2.86. The fourth-order valence-electron chi connectivity index (χ4n) is 1.01. The lowest BCUT2D eigenvalue weighted by atomic mass is 10.2. The van der Waals surface area contributed by atoms with Crippen molar-refractivity contribution in [1.29, 1.82) is 0 Å². The van der Waals surface area contributed by atoms with E-state index in [1.54, 1.807) is 12.2 Å². The van der Waals surface area contributed by atoms with E-state index >= 15 is 0 Å². The van der Waals surface area contributed by atoms with E-state index in [-0.39, 0.29) is 12.2 Å². The van der Waals surface area contributed by atoms with Crippen LogP contribution >= 0.6 is 31.9 Å². The van der Waals surface area contributed by atoms with E-state index in [0.29, 0.717) is 8.95 Å². The van der Waals surface area contributed by atoms with Gasteiger partial charge in [-0.1, -0.05) is 44.0 Å². The van der Waals surface area contributed by atoms with Gasteiger partial charge in [-0.15, -0.1) is 0 Å². The topological polar surface area (TPSA) is 43.1 Å². The van der Waals surface area contributed by atoms with E-state index in [1.807, 2.05) is 0 Å². The van der Waals surface area contributed by atoms with Crippen molar-refractivity contribution < 1.29 is 9.18 Å². The lowest BCUT2D eigenvalue weighted by molar-refractivity contribution is -0.117. The Kier molecular flexibility index (Phi) is 4.47. The smallest absolute Gasteiger partial charge is 0.221 e. The molecule has 2 N–H and O–H groups in total. The van der Waals surface area contributed by atoms with Gasteiger partial charge in [-0.2, -0.15) is 0 Å². The molecule has 0 bridgehead atoms. The maximum absolute atomic E-state index is 12.9. The highest BCUT2D eigenvalue weighted by atomic mass is 79.9. The number of amides is 1. The lowest BCUT2D eigenvalue weighted by Gasteiger charge is -2.02. The van der Waals surface area contributed by atoms with Crippen LogP contribution in [0.2, 0.25) is 0 Å². The van der Waals surface area contributed by atoms with Crippen molar-refractivity contribution in [3.8, 4) is 0 Å². The van der Waals surface area contributed by atoms with Crippen LogP contribution in [0.3, 0.4) is 0 Å². The zero-order valence-electron chi connectivity index (χ0n) is 7.64. The van der Waals surface area contributed by atoms with Crippen LogP contribution in [-0.2, 0) is 4.79 Å². The molecule has 1 rings (SSSR count). The molecule has 0 aliphatic carbocycles. The molecule has 0 aliphatic rings. The molecule has 2 nitrogen and oxygen atoms in total. The second kappa shape index (κ2) is 5.42. The number of hydrogen-bond acceptors (Lipinski definition) is 1. The minimum Gasteiger partial charge on any atom is -0.369 e. The van der Waals surface area contributed by atoms with Crippen molar-refractivity contribution in [2.45, 2.75) is 6.42 Å². The minimum atomic E-state index is -0.402. The summed E-state index contributed by atoms with van der Waals surface area (Å²) >= 11 is 6.46. The minimum absolute atomic E-state index is 0.163. The molecule has 0 saturated heterocycles. The molecule has 0 aromatic heterocycles. The van der Waals surface area contributed by atoms with E-state index in [4.69, 9.17) is 5.73 Å². The number of carbonyl (C=O) groups is 1. The first-order valence-electron chi connectivity index (χ1n) is 4.10. The van der Waals surface area contributed by atoms with Gasteiger partial charge in [0.05, 0.1) is 0 Å². The van der Waals surface area contributed by atoms with Gasteiger partial charge in [0.25, 0.3) is 0 Å². The van der Waals surface area contributed by atoms with E-state index in [0.717, 1.165) is 5.56 Å². The van der Waals surface area contributed by atoms with Gasteiger partial charge in [0, 0.05) is 20.9 Å². The highest BCUT2D eigenvalue weighted by Gasteiger charge is 2.04. The molecule has 1 aromatic carbocycles. The van der Waals surface area contributed by atoms with Crippen LogP contribution in [0.15, 0.2) is 27.2 Å². The summed E-state index contributed by atoms with van der Waals surface area (Å²) < 4.78 is 14.1. The summed E-state index contributed by atoms with van der Waals surface area (Å²) in [5.74, 6) is -0.735. The lowest BCUT2D eigenvalue weighted by Crippen LogP contribution is -2.07. The molecule has 0 aliphatic heterocycles. The molecule has 5 heteroatoms. The standard InChI is InChI=1S/C10H8Br2FNO/c11-8-4-6(13)5-9(12)7(8)2-1-3-10(14)15/h1-2,4-5H,3H2,(H2,14,15). The first kappa shape index (κ1) is 12.4. The fourth-order valence-corrected chi connectivity index (χ4v) is 2.40. The van der Waals surface area contributed by atoms with Crippen molar-refractivity contribution in [3.63, 3.8) is 0 Å². The summed E-state index contributed by atoms with van der Waals surface area (Å²) in [7, 11) is 0. The quantitative estimate of drug-likeness (QED) is 0.904. The molecule has 1 amide bonds. The van der Waals surface area contributed by atoms with E-state index in [2.05, 4.69) is 31.9 Å². The Balaban J connectivity index is 2.94.